The number of ketones is 1. The summed E-state index contributed by atoms with van der Waals surface area (Å²) in [4.78, 5) is 21.5. The van der Waals surface area contributed by atoms with E-state index in [4.69, 9.17) is 4.74 Å². The molecule has 5 heteroatoms. The van der Waals surface area contributed by atoms with Crippen LogP contribution in [0, 0.1) is 5.92 Å². The highest BCUT2D eigenvalue weighted by Gasteiger charge is 2.27. The number of carbonyl (C=O) groups is 1. The van der Waals surface area contributed by atoms with Gasteiger partial charge in [0, 0.05) is 30.7 Å². The smallest absolute Gasteiger partial charge is 0.218 e. The lowest BCUT2D eigenvalue weighted by Crippen LogP contribution is -2.27. The summed E-state index contributed by atoms with van der Waals surface area (Å²) >= 11 is 0. The zero-order valence-corrected chi connectivity index (χ0v) is 16.1. The van der Waals surface area contributed by atoms with E-state index < -0.39 is 6.10 Å². The highest BCUT2D eigenvalue weighted by atomic mass is 16.5. The molecule has 27 heavy (non-hydrogen) atoms. The zero-order valence-electron chi connectivity index (χ0n) is 16.1. The van der Waals surface area contributed by atoms with Crippen molar-refractivity contribution in [1.82, 2.24) is 4.98 Å². The second kappa shape index (κ2) is 8.44. The molecule has 1 N–H and O–H groups in total. The van der Waals surface area contributed by atoms with Crippen LogP contribution >= 0.6 is 0 Å². The first-order chi connectivity index (χ1) is 13.0. The molecular formula is C22H26N2O3. The fraction of sp³-hybridized carbons (Fsp3) is 0.409. The minimum atomic E-state index is -0.568. The maximum absolute atomic E-state index is 12.7. The molecule has 142 valence electrons. The number of aliphatic imine (C=N–C) groups is 1. The number of methoxy groups -OCH3 is 1. The van der Waals surface area contributed by atoms with Crippen LogP contribution in [0.25, 0.3) is 0 Å². The van der Waals surface area contributed by atoms with Crippen molar-refractivity contribution in [2.24, 2.45) is 10.9 Å². The van der Waals surface area contributed by atoms with E-state index in [2.05, 4.69) is 9.98 Å². The van der Waals surface area contributed by atoms with Crippen LogP contribution in [0.1, 0.15) is 48.6 Å². The third-order valence-corrected chi connectivity index (χ3v) is 5.01. The lowest BCUT2D eigenvalue weighted by molar-refractivity contribution is -0.119. The minimum absolute atomic E-state index is 0.0712. The van der Waals surface area contributed by atoms with Crippen LogP contribution < -0.4 is 0 Å². The number of rotatable bonds is 7. The molecule has 0 aliphatic carbocycles. The van der Waals surface area contributed by atoms with Gasteiger partial charge in [-0.25, -0.2) is 4.99 Å². The van der Waals surface area contributed by atoms with Crippen molar-refractivity contribution in [3.63, 3.8) is 0 Å². The lowest BCUT2D eigenvalue weighted by atomic mass is 9.83. The van der Waals surface area contributed by atoms with Gasteiger partial charge in [0.25, 0.3) is 0 Å². The van der Waals surface area contributed by atoms with E-state index in [-0.39, 0.29) is 24.0 Å². The van der Waals surface area contributed by atoms with Gasteiger partial charge in [0.1, 0.15) is 5.78 Å². The van der Waals surface area contributed by atoms with Crippen molar-refractivity contribution in [3.8, 4) is 0 Å². The van der Waals surface area contributed by atoms with Crippen LogP contribution in [-0.2, 0) is 22.5 Å². The van der Waals surface area contributed by atoms with Crippen molar-refractivity contribution in [2.75, 3.05) is 7.11 Å². The Morgan fingerprint density at radius 1 is 1.26 bits per heavy atom. The number of ether oxygens (including phenoxy) is 1. The van der Waals surface area contributed by atoms with E-state index in [0.29, 0.717) is 18.9 Å². The monoisotopic (exact) mass is 366 g/mol. The van der Waals surface area contributed by atoms with E-state index in [9.17, 15) is 9.90 Å². The molecule has 0 amide bonds. The first-order valence-electron chi connectivity index (χ1n) is 9.31. The van der Waals surface area contributed by atoms with Crippen LogP contribution in [0.5, 0.6) is 0 Å². The maximum Gasteiger partial charge on any atom is 0.218 e. The maximum atomic E-state index is 12.7. The van der Waals surface area contributed by atoms with E-state index >= 15 is 0 Å². The summed E-state index contributed by atoms with van der Waals surface area (Å²) in [5.41, 5.74) is 3.65. The van der Waals surface area contributed by atoms with Gasteiger partial charge < -0.3 is 9.84 Å². The summed E-state index contributed by atoms with van der Waals surface area (Å²) in [6, 6.07) is 11.7. The molecule has 1 aliphatic rings. The third kappa shape index (κ3) is 4.42. The molecule has 3 rings (SSSR count). The Hall–Kier alpha value is -2.53. The molecule has 1 aromatic carbocycles. The summed E-state index contributed by atoms with van der Waals surface area (Å²) in [5, 5.41) is 10.6. The van der Waals surface area contributed by atoms with Gasteiger partial charge >= 0.3 is 0 Å². The van der Waals surface area contributed by atoms with Crippen molar-refractivity contribution < 1.29 is 14.6 Å². The Balaban J connectivity index is 1.72. The number of pyridine rings is 1. The molecule has 2 aromatic rings. The van der Waals surface area contributed by atoms with Gasteiger partial charge in [0.15, 0.2) is 0 Å². The number of Topliss-reactive ketones (excluding diaryl/α,β-unsaturated/α-hetero) is 1. The normalized spacial score (nSPS) is 15.2. The number of aliphatic hydroxyl groups excluding tert-OH is 1. The number of hydrogen-bond acceptors (Lipinski definition) is 5. The number of aromatic nitrogens is 1. The van der Waals surface area contributed by atoms with Crippen LogP contribution in [0.4, 0.5) is 0 Å². The van der Waals surface area contributed by atoms with Crippen molar-refractivity contribution >= 4 is 11.7 Å². The quantitative estimate of drug-likeness (QED) is 0.816. The van der Waals surface area contributed by atoms with Crippen LogP contribution in [-0.4, -0.2) is 35.0 Å². The Morgan fingerprint density at radius 3 is 2.67 bits per heavy atom. The fourth-order valence-electron chi connectivity index (χ4n) is 3.50. The van der Waals surface area contributed by atoms with E-state index in [1.54, 1.807) is 13.3 Å². The molecular weight excluding hydrogens is 340 g/mol. The Bertz CT molecular complexity index is 831. The summed E-state index contributed by atoms with van der Waals surface area (Å²) < 4.78 is 5.22. The van der Waals surface area contributed by atoms with Crippen molar-refractivity contribution in [1.29, 1.82) is 0 Å². The molecule has 0 unspecified atom stereocenters. The second-order valence-corrected chi connectivity index (χ2v) is 7.33. The average Bonchev–Trinajstić information content (AvgIpc) is 3.08. The summed E-state index contributed by atoms with van der Waals surface area (Å²) in [5.74, 6) is 0.531. The predicted molar refractivity (Wildman–Crippen MR) is 105 cm³/mol. The van der Waals surface area contributed by atoms with Crippen LogP contribution in [0.2, 0.25) is 0 Å². The van der Waals surface area contributed by atoms with Gasteiger partial charge in [-0.15, -0.1) is 0 Å². The highest BCUT2D eigenvalue weighted by Crippen LogP contribution is 2.28. The zero-order chi connectivity index (χ0) is 19.4. The standard InChI is InChI=1S/C22H26N2O3/c1-14(2)21(26)19(15-7-5-4-6-8-15)11-18(25)10-17-9-16-12-24-22(27-3)20(16)13-23-17/h4-9,13-14,19,21,26H,10-12H2,1-3H3/t19-,21-/m0/s1. The average molecular weight is 366 g/mol. The van der Waals surface area contributed by atoms with E-state index in [0.717, 1.165) is 22.4 Å². The van der Waals surface area contributed by atoms with Gasteiger partial charge in [0.2, 0.25) is 5.90 Å². The number of hydrogen-bond donors (Lipinski definition) is 1. The molecule has 0 bridgehead atoms. The molecule has 1 aliphatic heterocycles. The molecule has 0 saturated carbocycles. The topological polar surface area (TPSA) is 71.8 Å². The number of benzene rings is 1. The SMILES string of the molecule is COC1=NCc2cc(CC(=O)C[C@@H](c3ccccc3)[C@@H](O)C(C)C)ncc21. The highest BCUT2D eigenvalue weighted by molar-refractivity contribution is 5.97. The lowest BCUT2D eigenvalue weighted by Gasteiger charge is -2.26. The molecule has 0 spiro atoms. The first-order valence-corrected chi connectivity index (χ1v) is 9.31. The molecule has 1 aromatic heterocycles. The predicted octanol–water partition coefficient (Wildman–Crippen LogP) is 3.29. The van der Waals surface area contributed by atoms with Crippen molar-refractivity contribution in [3.05, 3.63) is 65.0 Å². The minimum Gasteiger partial charge on any atom is -0.481 e. The summed E-state index contributed by atoms with van der Waals surface area (Å²) in [6.07, 6.45) is 1.71. The number of fused-ring (bicyclic) bond motifs is 1. The third-order valence-electron chi connectivity index (χ3n) is 5.01. The summed E-state index contributed by atoms with van der Waals surface area (Å²) in [7, 11) is 1.59. The molecule has 0 saturated heterocycles. The van der Waals surface area contributed by atoms with Gasteiger partial charge in [-0.1, -0.05) is 44.2 Å². The van der Waals surface area contributed by atoms with Crippen LogP contribution in [0.3, 0.4) is 0 Å². The Labute approximate surface area is 160 Å². The largest absolute Gasteiger partial charge is 0.481 e. The molecule has 5 nitrogen and oxygen atoms in total. The van der Waals surface area contributed by atoms with Crippen molar-refractivity contribution in [2.45, 2.75) is 45.3 Å². The number of carbonyl (C=O) groups excluding carboxylic acids is 1. The first kappa shape index (κ1) is 19.2. The van der Waals surface area contributed by atoms with E-state index in [1.807, 2.05) is 50.2 Å². The molecule has 2 atom stereocenters. The second-order valence-electron chi connectivity index (χ2n) is 7.33. The van der Waals surface area contributed by atoms with Gasteiger partial charge in [0.05, 0.1) is 25.3 Å². The van der Waals surface area contributed by atoms with Gasteiger partial charge in [-0.2, -0.15) is 0 Å². The van der Waals surface area contributed by atoms with Gasteiger partial charge in [-0.05, 0) is 23.1 Å². The number of nitrogens with zero attached hydrogens (tertiary/aromatic N) is 2. The molecule has 2 heterocycles. The number of aliphatic hydroxyl groups is 1. The van der Waals surface area contributed by atoms with Crippen LogP contribution in [0.15, 0.2) is 47.6 Å². The Kier molecular flexibility index (Phi) is 6.01. The van der Waals surface area contributed by atoms with E-state index in [1.165, 1.54) is 0 Å². The van der Waals surface area contributed by atoms with Gasteiger partial charge in [-0.3, -0.25) is 9.78 Å². The fourth-order valence-corrected chi connectivity index (χ4v) is 3.50. The molecule has 0 radical (unpaired) electrons. The molecule has 0 fully saturated rings. The Morgan fingerprint density at radius 2 is 2.00 bits per heavy atom. The summed E-state index contributed by atoms with van der Waals surface area (Å²) in [6.45, 7) is 4.50.